The van der Waals surface area contributed by atoms with Gasteiger partial charge in [-0.15, -0.1) is 0 Å². The van der Waals surface area contributed by atoms with E-state index in [0.29, 0.717) is 6.54 Å². The first-order chi connectivity index (χ1) is 11.0. The first-order valence-corrected chi connectivity index (χ1v) is 7.47. The largest absolute Gasteiger partial charge is 0.351 e. The van der Waals surface area contributed by atoms with E-state index in [1.54, 1.807) is 24.2 Å². The summed E-state index contributed by atoms with van der Waals surface area (Å²) < 4.78 is 5.14. The Labute approximate surface area is 134 Å². The molecule has 0 fully saturated rings. The summed E-state index contributed by atoms with van der Waals surface area (Å²) in [5.74, 6) is 0.237. The van der Waals surface area contributed by atoms with E-state index in [1.807, 2.05) is 38.1 Å². The molecule has 0 N–H and O–H groups in total. The van der Waals surface area contributed by atoms with Crippen molar-refractivity contribution in [3.05, 3.63) is 53.7 Å². The van der Waals surface area contributed by atoms with E-state index < -0.39 is 0 Å². The predicted molar refractivity (Wildman–Crippen MR) is 85.9 cm³/mol. The highest BCUT2D eigenvalue weighted by Crippen LogP contribution is 2.16. The van der Waals surface area contributed by atoms with Crippen LogP contribution in [0.2, 0.25) is 0 Å². The van der Waals surface area contributed by atoms with Crippen LogP contribution in [-0.4, -0.2) is 33.0 Å². The van der Waals surface area contributed by atoms with Crippen LogP contribution in [0.5, 0.6) is 0 Å². The Morgan fingerprint density at radius 1 is 1.26 bits per heavy atom. The molecule has 0 bridgehead atoms. The van der Waals surface area contributed by atoms with E-state index in [0.717, 1.165) is 22.4 Å². The van der Waals surface area contributed by atoms with E-state index in [2.05, 4.69) is 15.1 Å². The van der Waals surface area contributed by atoms with Crippen LogP contribution in [0, 0.1) is 0 Å². The van der Waals surface area contributed by atoms with Gasteiger partial charge in [0.15, 0.2) is 0 Å². The Hall–Kier alpha value is -2.76. The summed E-state index contributed by atoms with van der Waals surface area (Å²) in [4.78, 5) is 22.8. The third-order valence-electron chi connectivity index (χ3n) is 3.58. The number of amides is 1. The van der Waals surface area contributed by atoms with Gasteiger partial charge in [-0.2, -0.15) is 0 Å². The van der Waals surface area contributed by atoms with Gasteiger partial charge >= 0.3 is 0 Å². The summed E-state index contributed by atoms with van der Waals surface area (Å²) in [6, 6.07) is 9.33. The Bertz CT molecular complexity index is 841. The lowest BCUT2D eigenvalue weighted by atomic mass is 10.1. The van der Waals surface area contributed by atoms with E-state index >= 15 is 0 Å². The van der Waals surface area contributed by atoms with Crippen molar-refractivity contribution >= 4 is 16.9 Å². The lowest BCUT2D eigenvalue weighted by molar-refractivity contribution is 0.0741. The van der Waals surface area contributed by atoms with Crippen LogP contribution in [-0.2, 0) is 6.54 Å². The minimum Gasteiger partial charge on any atom is -0.351 e. The highest BCUT2D eigenvalue weighted by Gasteiger charge is 2.19. The Kier molecular flexibility index (Phi) is 4.06. The van der Waals surface area contributed by atoms with Gasteiger partial charge in [0.05, 0.1) is 35.2 Å². The monoisotopic (exact) mass is 310 g/mol. The highest BCUT2D eigenvalue weighted by atomic mass is 16.5. The molecule has 3 aromatic rings. The number of hydrogen-bond acceptors (Lipinski definition) is 5. The second-order valence-corrected chi connectivity index (χ2v) is 5.78. The fraction of sp³-hybridized carbons (Fsp3) is 0.294. The molecule has 6 heteroatoms. The molecule has 0 saturated carbocycles. The van der Waals surface area contributed by atoms with Gasteiger partial charge in [0.1, 0.15) is 0 Å². The number of rotatable bonds is 4. The standard InChI is InChI=1S/C17H18N4O2/c1-11(2)15-8-16(23-20-15)17(22)21(3)10-12-9-18-13-6-4-5-7-14(13)19-12/h4-9,11H,10H2,1-3H3. The summed E-state index contributed by atoms with van der Waals surface area (Å²) in [5, 5.41) is 3.92. The third kappa shape index (κ3) is 3.21. The lowest BCUT2D eigenvalue weighted by Crippen LogP contribution is -2.26. The molecular weight excluding hydrogens is 292 g/mol. The fourth-order valence-corrected chi connectivity index (χ4v) is 2.24. The number of fused-ring (bicyclic) bond motifs is 1. The number of carbonyl (C=O) groups excluding carboxylic acids is 1. The van der Waals surface area contributed by atoms with Crippen molar-refractivity contribution in [2.45, 2.75) is 26.3 Å². The molecule has 0 aliphatic carbocycles. The van der Waals surface area contributed by atoms with Crippen molar-refractivity contribution in [3.8, 4) is 0 Å². The molecule has 0 aliphatic rings. The number of benzene rings is 1. The molecule has 6 nitrogen and oxygen atoms in total. The van der Waals surface area contributed by atoms with Gasteiger partial charge in [-0.25, -0.2) is 4.98 Å². The molecule has 2 aromatic heterocycles. The molecule has 0 atom stereocenters. The van der Waals surface area contributed by atoms with Crippen LogP contribution in [0.1, 0.15) is 41.7 Å². The molecule has 118 valence electrons. The fourth-order valence-electron chi connectivity index (χ4n) is 2.24. The van der Waals surface area contributed by atoms with Gasteiger partial charge in [-0.05, 0) is 18.1 Å². The van der Waals surface area contributed by atoms with E-state index in [1.165, 1.54) is 0 Å². The van der Waals surface area contributed by atoms with Crippen molar-refractivity contribution in [1.29, 1.82) is 0 Å². The smallest absolute Gasteiger partial charge is 0.292 e. The first kappa shape index (κ1) is 15.1. The SMILES string of the molecule is CC(C)c1cc(C(=O)N(C)Cc2cnc3ccccc3n2)on1. The summed E-state index contributed by atoms with van der Waals surface area (Å²) in [6.07, 6.45) is 1.69. The van der Waals surface area contributed by atoms with Crippen molar-refractivity contribution in [2.75, 3.05) is 7.05 Å². The Morgan fingerprint density at radius 3 is 2.70 bits per heavy atom. The minimum atomic E-state index is -0.223. The molecular formula is C17H18N4O2. The molecule has 1 aromatic carbocycles. The zero-order valence-electron chi connectivity index (χ0n) is 13.4. The van der Waals surface area contributed by atoms with Crippen LogP contribution in [0.15, 0.2) is 41.1 Å². The average Bonchev–Trinajstić information content (AvgIpc) is 3.04. The lowest BCUT2D eigenvalue weighted by Gasteiger charge is -2.14. The maximum atomic E-state index is 12.4. The van der Waals surface area contributed by atoms with Crippen LogP contribution < -0.4 is 0 Å². The maximum absolute atomic E-state index is 12.4. The predicted octanol–water partition coefficient (Wildman–Crippen LogP) is 3.01. The quantitative estimate of drug-likeness (QED) is 0.740. The van der Waals surface area contributed by atoms with E-state index in [9.17, 15) is 4.79 Å². The topological polar surface area (TPSA) is 72.1 Å². The van der Waals surface area contributed by atoms with Gasteiger partial charge in [0, 0.05) is 13.1 Å². The summed E-state index contributed by atoms with van der Waals surface area (Å²) >= 11 is 0. The van der Waals surface area contributed by atoms with Gasteiger partial charge in [-0.3, -0.25) is 9.78 Å². The normalized spacial score (nSPS) is 11.1. The summed E-state index contributed by atoms with van der Waals surface area (Å²) in [6.45, 7) is 4.36. The number of hydrogen-bond donors (Lipinski definition) is 0. The van der Waals surface area contributed by atoms with Crippen LogP contribution in [0.4, 0.5) is 0 Å². The van der Waals surface area contributed by atoms with E-state index in [4.69, 9.17) is 4.52 Å². The second kappa shape index (κ2) is 6.16. The number of carbonyl (C=O) groups is 1. The van der Waals surface area contributed by atoms with Crippen molar-refractivity contribution in [2.24, 2.45) is 0 Å². The van der Waals surface area contributed by atoms with Crippen LogP contribution in [0.25, 0.3) is 11.0 Å². The molecule has 2 heterocycles. The second-order valence-electron chi connectivity index (χ2n) is 5.78. The molecule has 3 rings (SSSR count). The molecule has 1 amide bonds. The number of nitrogens with zero attached hydrogens (tertiary/aromatic N) is 4. The van der Waals surface area contributed by atoms with E-state index in [-0.39, 0.29) is 17.6 Å². The first-order valence-electron chi connectivity index (χ1n) is 7.47. The molecule has 0 radical (unpaired) electrons. The maximum Gasteiger partial charge on any atom is 0.292 e. The highest BCUT2D eigenvalue weighted by molar-refractivity contribution is 5.91. The van der Waals surface area contributed by atoms with Gasteiger partial charge in [0.2, 0.25) is 5.76 Å². The summed E-state index contributed by atoms with van der Waals surface area (Å²) in [7, 11) is 1.71. The van der Waals surface area contributed by atoms with Gasteiger partial charge in [0.25, 0.3) is 5.91 Å². The Morgan fingerprint density at radius 2 is 2.00 bits per heavy atom. The number of aromatic nitrogens is 3. The molecule has 23 heavy (non-hydrogen) atoms. The Balaban J connectivity index is 1.76. The van der Waals surface area contributed by atoms with Crippen molar-refractivity contribution < 1.29 is 9.32 Å². The minimum absolute atomic E-state index is 0.219. The number of para-hydroxylation sites is 2. The van der Waals surface area contributed by atoms with Crippen LogP contribution in [0.3, 0.4) is 0 Å². The molecule has 0 spiro atoms. The van der Waals surface area contributed by atoms with Gasteiger partial charge in [-0.1, -0.05) is 31.1 Å². The molecule has 0 saturated heterocycles. The average molecular weight is 310 g/mol. The van der Waals surface area contributed by atoms with Crippen LogP contribution >= 0.6 is 0 Å². The third-order valence-corrected chi connectivity index (χ3v) is 3.58. The molecule has 0 aliphatic heterocycles. The molecule has 0 unspecified atom stereocenters. The zero-order valence-corrected chi connectivity index (χ0v) is 13.4. The summed E-state index contributed by atoms with van der Waals surface area (Å²) in [5.41, 5.74) is 3.14. The van der Waals surface area contributed by atoms with Gasteiger partial charge < -0.3 is 9.42 Å². The van der Waals surface area contributed by atoms with Crippen molar-refractivity contribution in [3.63, 3.8) is 0 Å². The zero-order chi connectivity index (χ0) is 16.4. The van der Waals surface area contributed by atoms with Crippen molar-refractivity contribution in [1.82, 2.24) is 20.0 Å².